The van der Waals surface area contributed by atoms with Crippen LogP contribution in [0.3, 0.4) is 0 Å². The third-order valence-electron chi connectivity index (χ3n) is 9.56. The average molecular weight is 587 g/mol. The zero-order valence-electron chi connectivity index (χ0n) is 24.2. The number of halogens is 1. The normalized spacial score (nSPS) is 26.2. The number of thiophene rings is 1. The summed E-state index contributed by atoms with van der Waals surface area (Å²) in [4.78, 5) is 18.7. The van der Waals surface area contributed by atoms with Crippen molar-refractivity contribution in [3.05, 3.63) is 35.8 Å². The number of pyridine rings is 1. The number of aromatic nitrogens is 3. The van der Waals surface area contributed by atoms with Gasteiger partial charge in [0.2, 0.25) is 0 Å². The van der Waals surface area contributed by atoms with Crippen molar-refractivity contribution in [1.29, 1.82) is 5.26 Å². The number of hydrogen-bond acceptors (Lipinski definition) is 10. The van der Waals surface area contributed by atoms with Gasteiger partial charge >= 0.3 is 6.01 Å². The minimum Gasteiger partial charge on any atom is -0.463 e. The largest absolute Gasteiger partial charge is 0.463 e. The molecule has 0 spiro atoms. The van der Waals surface area contributed by atoms with Crippen molar-refractivity contribution in [2.75, 3.05) is 50.5 Å². The third kappa shape index (κ3) is 4.53. The molecule has 3 saturated heterocycles. The molecule has 3 aromatic heterocycles. The van der Waals surface area contributed by atoms with Gasteiger partial charge in [-0.2, -0.15) is 15.2 Å². The molecule has 3 aliphatic heterocycles. The number of benzene rings is 1. The van der Waals surface area contributed by atoms with Crippen LogP contribution < -0.4 is 20.7 Å². The van der Waals surface area contributed by atoms with Gasteiger partial charge in [0.25, 0.3) is 0 Å². The van der Waals surface area contributed by atoms with Crippen LogP contribution in [0.4, 0.5) is 15.2 Å². The van der Waals surface area contributed by atoms with Crippen LogP contribution in [0.1, 0.15) is 38.7 Å². The lowest BCUT2D eigenvalue weighted by molar-refractivity contribution is 0.0192. The van der Waals surface area contributed by atoms with E-state index in [-0.39, 0.29) is 22.6 Å². The van der Waals surface area contributed by atoms with Crippen LogP contribution in [0.25, 0.3) is 32.2 Å². The number of rotatable bonds is 5. The number of nitrogens with zero attached hydrogens (tertiary/aromatic N) is 6. The number of piperazine rings is 1. The Morgan fingerprint density at radius 1 is 1.24 bits per heavy atom. The first-order chi connectivity index (χ1) is 20.2. The lowest BCUT2D eigenvalue weighted by Gasteiger charge is -2.43. The van der Waals surface area contributed by atoms with Crippen LogP contribution in [-0.2, 0) is 0 Å². The fraction of sp³-hybridized carbons (Fsp3) is 0.484. The number of nitrogens with two attached hydrogens (primary N) is 1. The molecule has 1 aromatic carbocycles. The molecule has 11 heteroatoms. The van der Waals surface area contributed by atoms with Gasteiger partial charge in [-0.3, -0.25) is 4.98 Å². The minimum absolute atomic E-state index is 0.0796. The second-order valence-corrected chi connectivity index (χ2v) is 13.6. The molecule has 4 atom stereocenters. The van der Waals surface area contributed by atoms with Crippen molar-refractivity contribution >= 4 is 43.1 Å². The Hall–Kier alpha value is -3.59. The molecule has 2 bridgehead atoms. The Morgan fingerprint density at radius 2 is 2.02 bits per heavy atom. The maximum Gasteiger partial charge on any atom is 0.319 e. The molecule has 0 amide bonds. The predicted molar refractivity (Wildman–Crippen MR) is 164 cm³/mol. The van der Waals surface area contributed by atoms with Gasteiger partial charge in [-0.15, -0.1) is 11.3 Å². The Balaban J connectivity index is 1.35. The Morgan fingerprint density at radius 3 is 2.79 bits per heavy atom. The summed E-state index contributed by atoms with van der Waals surface area (Å²) in [5.74, 6) is 0.566. The van der Waals surface area contributed by atoms with Gasteiger partial charge in [0.05, 0.1) is 17.6 Å². The van der Waals surface area contributed by atoms with Crippen molar-refractivity contribution in [2.45, 2.75) is 45.2 Å². The van der Waals surface area contributed by atoms with E-state index in [0.717, 1.165) is 50.1 Å². The summed E-state index contributed by atoms with van der Waals surface area (Å²) in [7, 11) is 2.14. The molecule has 3 N–H and O–H groups in total. The van der Waals surface area contributed by atoms with Gasteiger partial charge in [0.1, 0.15) is 28.1 Å². The van der Waals surface area contributed by atoms with E-state index in [1.165, 1.54) is 11.3 Å². The van der Waals surface area contributed by atoms with E-state index in [4.69, 9.17) is 15.5 Å². The van der Waals surface area contributed by atoms with E-state index >= 15 is 4.39 Å². The zero-order valence-corrected chi connectivity index (χ0v) is 25.0. The van der Waals surface area contributed by atoms with E-state index in [0.29, 0.717) is 57.3 Å². The van der Waals surface area contributed by atoms with Crippen molar-refractivity contribution < 1.29 is 9.13 Å². The van der Waals surface area contributed by atoms with Crippen LogP contribution >= 0.6 is 11.3 Å². The number of fused-ring (bicyclic) bond motifs is 4. The molecule has 0 radical (unpaired) electrons. The topological polar surface area (TPSA) is 116 Å². The van der Waals surface area contributed by atoms with Crippen molar-refractivity contribution in [1.82, 2.24) is 25.2 Å². The van der Waals surface area contributed by atoms with Crippen LogP contribution in [0, 0.1) is 28.5 Å². The molecule has 0 aliphatic carbocycles. The third-order valence-corrected chi connectivity index (χ3v) is 10.5. The lowest BCUT2D eigenvalue weighted by Crippen LogP contribution is -2.51. The first-order valence-corrected chi connectivity index (χ1v) is 15.5. The van der Waals surface area contributed by atoms with Gasteiger partial charge < -0.3 is 25.6 Å². The van der Waals surface area contributed by atoms with Gasteiger partial charge in [-0.05, 0) is 44.8 Å². The minimum atomic E-state index is -0.558. The smallest absolute Gasteiger partial charge is 0.319 e. The van der Waals surface area contributed by atoms with E-state index in [1.54, 1.807) is 12.3 Å². The maximum absolute atomic E-state index is 16.6. The summed E-state index contributed by atoms with van der Waals surface area (Å²) in [6.07, 6.45) is 4.99. The summed E-state index contributed by atoms with van der Waals surface area (Å²) < 4.78 is 23.8. The summed E-state index contributed by atoms with van der Waals surface area (Å²) in [6, 6.07) is 8.61. The van der Waals surface area contributed by atoms with Crippen molar-refractivity contribution in [3.8, 4) is 23.3 Å². The van der Waals surface area contributed by atoms with Crippen LogP contribution in [-0.4, -0.2) is 71.8 Å². The molecule has 4 aromatic rings. The van der Waals surface area contributed by atoms with Crippen LogP contribution in [0.15, 0.2) is 24.4 Å². The number of piperidine rings is 1. The SMILES string of the molecule is C[C@H]1CCN(C)C[C@@]1(C)COc1nc(N2C[C@H]3CC[C@@H](C2)N3)c2cnc(-c3cccc4sc(N)c(C#N)c34)c(F)c2n1. The number of likely N-dealkylation sites (tertiary alicyclic amines) is 1. The highest BCUT2D eigenvalue weighted by atomic mass is 32.1. The van der Waals surface area contributed by atoms with E-state index < -0.39 is 5.82 Å². The van der Waals surface area contributed by atoms with Crippen LogP contribution in [0.2, 0.25) is 0 Å². The average Bonchev–Trinajstić information content (AvgIpc) is 3.50. The summed E-state index contributed by atoms with van der Waals surface area (Å²) in [6.45, 7) is 8.49. The molecule has 218 valence electrons. The van der Waals surface area contributed by atoms with Gasteiger partial charge in [0, 0.05) is 59.0 Å². The Labute approximate surface area is 248 Å². The second-order valence-electron chi connectivity index (χ2n) is 12.6. The molecular formula is C31H35FN8OS. The standard InChI is InChI=1S/C31H35FN8OS/c1-17-9-10-39(3)15-31(17,2)16-41-30-37-27-22(29(38-30)40-13-18-7-8-19(14-40)36-18)12-35-26(25(27)32)20-5-4-6-23-24(20)21(11-33)28(34)42-23/h4-6,12,17-19,36H,7-10,13-16,34H2,1-3H3/t17-,18-,19+,31-/m0/s1. The molecule has 3 fully saturated rings. The van der Waals surface area contributed by atoms with Crippen molar-refractivity contribution in [3.63, 3.8) is 0 Å². The van der Waals surface area contributed by atoms with Gasteiger partial charge in [0.15, 0.2) is 5.82 Å². The summed E-state index contributed by atoms with van der Waals surface area (Å²) >= 11 is 1.31. The Kier molecular flexibility index (Phi) is 6.68. The zero-order chi connectivity index (χ0) is 29.2. The van der Waals surface area contributed by atoms with E-state index in [1.807, 2.05) is 12.1 Å². The second kappa shape index (κ2) is 10.3. The fourth-order valence-electron chi connectivity index (χ4n) is 6.99. The highest BCUT2D eigenvalue weighted by Crippen LogP contribution is 2.41. The number of nitrogens with one attached hydrogen (secondary N) is 1. The lowest BCUT2D eigenvalue weighted by atomic mass is 9.74. The van der Waals surface area contributed by atoms with Crippen molar-refractivity contribution in [2.24, 2.45) is 11.3 Å². The molecule has 0 saturated carbocycles. The molecule has 9 nitrogen and oxygen atoms in total. The van der Waals surface area contributed by atoms with Crippen LogP contribution in [0.5, 0.6) is 6.01 Å². The number of anilines is 2. The van der Waals surface area contributed by atoms with E-state index in [2.05, 4.69) is 52.0 Å². The predicted octanol–water partition coefficient (Wildman–Crippen LogP) is 4.80. The molecular weight excluding hydrogens is 551 g/mol. The number of nitriles is 1. The molecule has 6 heterocycles. The highest BCUT2D eigenvalue weighted by Gasteiger charge is 2.38. The summed E-state index contributed by atoms with van der Waals surface area (Å²) in [5.41, 5.74) is 7.23. The highest BCUT2D eigenvalue weighted by molar-refractivity contribution is 7.23. The van der Waals surface area contributed by atoms with E-state index in [9.17, 15) is 5.26 Å². The quantitative estimate of drug-likeness (QED) is 0.340. The molecule has 0 unspecified atom stereocenters. The molecule has 3 aliphatic rings. The first-order valence-electron chi connectivity index (χ1n) is 14.6. The molecule has 42 heavy (non-hydrogen) atoms. The molecule has 7 rings (SSSR count). The maximum atomic E-state index is 16.6. The fourth-order valence-corrected chi connectivity index (χ4v) is 7.94. The number of nitrogen functional groups attached to an aromatic ring is 1. The number of ether oxygens (including phenoxy) is 1. The van der Waals surface area contributed by atoms with Gasteiger partial charge in [-0.1, -0.05) is 26.0 Å². The number of hydrogen-bond donors (Lipinski definition) is 2. The van der Waals surface area contributed by atoms with Gasteiger partial charge in [-0.25, -0.2) is 4.39 Å². The summed E-state index contributed by atoms with van der Waals surface area (Å²) in [5, 5.41) is 15.1. The Bertz CT molecular complexity index is 1720. The monoisotopic (exact) mass is 586 g/mol. The first kappa shape index (κ1) is 27.3.